The first-order valence-electron chi connectivity index (χ1n) is 13.8. The van der Waals surface area contributed by atoms with Crippen LogP contribution in [0.4, 0.5) is 0 Å². The summed E-state index contributed by atoms with van der Waals surface area (Å²) in [6.45, 7) is 1.84. The minimum atomic E-state index is -0.890. The first kappa shape index (κ1) is 23.7. The van der Waals surface area contributed by atoms with E-state index in [0.29, 0.717) is 12.8 Å². The molecule has 2 aliphatic carbocycles. The number of rotatable bonds is 6. The Morgan fingerprint density at radius 1 is 1.16 bits per heavy atom. The number of hydrogen-bond donors (Lipinski definition) is 1. The van der Waals surface area contributed by atoms with Crippen molar-refractivity contribution in [3.05, 3.63) is 95.5 Å². The van der Waals surface area contributed by atoms with E-state index in [-0.39, 0.29) is 24.1 Å². The SMILES string of the molecule is CN(C(=O)/C=C/c1ccoc1)[C@H]1CC[C@@]2(O)[C@H]3Cc4cccc5c4[C@@]2(CCN3CCc2ccccc2)[C@H]1O5. The van der Waals surface area contributed by atoms with Gasteiger partial charge < -0.3 is 19.2 Å². The fraction of sp³-hybridized carbons (Fsp3) is 0.406. The Morgan fingerprint density at radius 3 is 2.84 bits per heavy atom. The van der Waals surface area contributed by atoms with E-state index < -0.39 is 11.0 Å². The predicted octanol–water partition coefficient (Wildman–Crippen LogP) is 4.22. The highest BCUT2D eigenvalue weighted by molar-refractivity contribution is 5.91. The van der Waals surface area contributed by atoms with Crippen molar-refractivity contribution in [1.29, 1.82) is 0 Å². The van der Waals surface area contributed by atoms with E-state index in [2.05, 4.69) is 47.4 Å². The van der Waals surface area contributed by atoms with Gasteiger partial charge in [0, 0.05) is 36.8 Å². The summed E-state index contributed by atoms with van der Waals surface area (Å²) in [6.07, 6.45) is 10.3. The minimum Gasteiger partial charge on any atom is -0.487 e. The molecular formula is C32H34N2O4. The number of carbonyl (C=O) groups is 1. The summed E-state index contributed by atoms with van der Waals surface area (Å²) >= 11 is 0. The first-order chi connectivity index (χ1) is 18.5. The summed E-state index contributed by atoms with van der Waals surface area (Å²) in [5.41, 5.74) is 3.28. The molecule has 1 saturated carbocycles. The number of benzene rings is 2. The average molecular weight is 511 g/mol. The molecule has 3 aromatic rings. The molecule has 1 saturated heterocycles. The summed E-state index contributed by atoms with van der Waals surface area (Å²) in [5, 5.41) is 12.7. The van der Waals surface area contributed by atoms with E-state index in [0.717, 1.165) is 43.7 Å². The Kier molecular flexibility index (Phi) is 5.53. The molecule has 6 nitrogen and oxygen atoms in total. The molecule has 7 rings (SSSR count). The van der Waals surface area contributed by atoms with Gasteiger partial charge in [0.25, 0.3) is 0 Å². The zero-order chi connectivity index (χ0) is 25.9. The van der Waals surface area contributed by atoms with Crippen molar-refractivity contribution in [2.45, 2.75) is 61.3 Å². The van der Waals surface area contributed by atoms with Gasteiger partial charge in [-0.15, -0.1) is 0 Å². The average Bonchev–Trinajstić information content (AvgIpc) is 3.57. The highest BCUT2D eigenvalue weighted by Gasteiger charge is 2.72. The Bertz CT molecular complexity index is 1370. The van der Waals surface area contributed by atoms with Crippen LogP contribution < -0.4 is 4.74 Å². The van der Waals surface area contributed by atoms with Gasteiger partial charge in [-0.2, -0.15) is 0 Å². The number of ether oxygens (including phenoxy) is 1. The van der Waals surface area contributed by atoms with Crippen LogP contribution in [-0.2, 0) is 23.1 Å². The Balaban J connectivity index is 1.21. The molecule has 2 aromatic carbocycles. The molecular weight excluding hydrogens is 476 g/mol. The van der Waals surface area contributed by atoms with E-state index in [9.17, 15) is 9.90 Å². The molecule has 4 aliphatic rings. The summed E-state index contributed by atoms with van der Waals surface area (Å²) in [4.78, 5) is 17.6. The lowest BCUT2D eigenvalue weighted by atomic mass is 9.48. The molecule has 2 aliphatic heterocycles. The second kappa shape index (κ2) is 8.85. The van der Waals surface area contributed by atoms with Crippen LogP contribution in [0.2, 0.25) is 0 Å². The monoisotopic (exact) mass is 510 g/mol. The maximum atomic E-state index is 13.3. The Morgan fingerprint density at radius 2 is 2.03 bits per heavy atom. The summed E-state index contributed by atoms with van der Waals surface area (Å²) < 4.78 is 11.9. The highest BCUT2D eigenvalue weighted by Crippen LogP contribution is 2.64. The highest BCUT2D eigenvalue weighted by atomic mass is 16.5. The number of piperidine rings is 1. The summed E-state index contributed by atoms with van der Waals surface area (Å²) in [7, 11) is 1.87. The lowest BCUT2D eigenvalue weighted by Crippen LogP contribution is -2.78. The van der Waals surface area contributed by atoms with Crippen LogP contribution in [0, 0.1) is 0 Å². The maximum Gasteiger partial charge on any atom is 0.246 e. The van der Waals surface area contributed by atoms with E-state index >= 15 is 0 Å². The van der Waals surface area contributed by atoms with Crippen molar-refractivity contribution < 1.29 is 19.1 Å². The third-order valence-electron chi connectivity index (χ3n) is 9.78. The molecule has 6 heteroatoms. The van der Waals surface area contributed by atoms with Crippen molar-refractivity contribution >= 4 is 12.0 Å². The molecule has 1 amide bonds. The smallest absolute Gasteiger partial charge is 0.246 e. The molecule has 3 heterocycles. The van der Waals surface area contributed by atoms with Crippen LogP contribution in [0.25, 0.3) is 6.08 Å². The topological polar surface area (TPSA) is 66.2 Å². The fourth-order valence-electron chi connectivity index (χ4n) is 7.97. The first-order valence-corrected chi connectivity index (χ1v) is 13.8. The number of carbonyl (C=O) groups excluding carboxylic acids is 1. The molecule has 38 heavy (non-hydrogen) atoms. The van der Waals surface area contributed by atoms with Gasteiger partial charge in [0.1, 0.15) is 11.9 Å². The van der Waals surface area contributed by atoms with Gasteiger partial charge in [-0.3, -0.25) is 9.69 Å². The summed E-state index contributed by atoms with van der Waals surface area (Å²) in [6, 6.07) is 18.7. The number of likely N-dealkylation sites (tertiary alicyclic amines) is 1. The van der Waals surface area contributed by atoms with Crippen molar-refractivity contribution in [3.63, 3.8) is 0 Å². The van der Waals surface area contributed by atoms with Crippen LogP contribution >= 0.6 is 0 Å². The molecule has 0 radical (unpaired) electrons. The van der Waals surface area contributed by atoms with E-state index in [4.69, 9.17) is 9.15 Å². The van der Waals surface area contributed by atoms with Crippen LogP contribution in [0.5, 0.6) is 5.75 Å². The predicted molar refractivity (Wildman–Crippen MR) is 145 cm³/mol. The number of furan rings is 1. The second-order valence-corrected chi connectivity index (χ2v) is 11.4. The maximum absolute atomic E-state index is 13.3. The molecule has 1 spiro atoms. The van der Waals surface area contributed by atoms with E-state index in [1.807, 2.05) is 24.1 Å². The van der Waals surface area contributed by atoms with Gasteiger partial charge in [0.05, 0.1) is 29.6 Å². The number of amides is 1. The standard InChI is InChI=1S/C32H34N2O4/c1-33(28(35)11-10-23-14-19-37-21-23)25-12-15-32(36)27-20-24-8-5-9-26-29(24)31(32,30(25)38-26)16-18-34(27)17-13-22-6-3-2-4-7-22/h2-11,14,19,21,25,27,30,36H,12-13,15-18,20H2,1H3/b11-10+/t25-,27+,30-,31-,32+/m0/s1. The minimum absolute atomic E-state index is 0.0369. The molecule has 1 aromatic heterocycles. The number of aliphatic hydroxyl groups is 1. The molecule has 1 N–H and O–H groups in total. The zero-order valence-corrected chi connectivity index (χ0v) is 21.8. The van der Waals surface area contributed by atoms with Crippen LogP contribution in [0.15, 0.2) is 77.6 Å². The lowest BCUT2D eigenvalue weighted by molar-refractivity contribution is -0.199. The van der Waals surface area contributed by atoms with Gasteiger partial charge in [-0.1, -0.05) is 42.5 Å². The molecule has 2 bridgehead atoms. The number of hydrogen-bond acceptors (Lipinski definition) is 5. The summed E-state index contributed by atoms with van der Waals surface area (Å²) in [5.74, 6) is 0.828. The van der Waals surface area contributed by atoms with Crippen molar-refractivity contribution in [1.82, 2.24) is 9.80 Å². The van der Waals surface area contributed by atoms with Gasteiger partial charge in [0.2, 0.25) is 5.91 Å². The quantitative estimate of drug-likeness (QED) is 0.503. The van der Waals surface area contributed by atoms with Crippen molar-refractivity contribution in [2.75, 3.05) is 20.1 Å². The third kappa shape index (κ3) is 3.36. The normalized spacial score (nSPS) is 31.2. The Labute approximate surface area is 223 Å². The zero-order valence-electron chi connectivity index (χ0n) is 21.8. The molecule has 2 fully saturated rings. The fourth-order valence-corrected chi connectivity index (χ4v) is 7.97. The Hall–Kier alpha value is -3.35. The third-order valence-corrected chi connectivity index (χ3v) is 9.78. The molecule has 196 valence electrons. The van der Waals surface area contributed by atoms with Crippen molar-refractivity contribution in [3.8, 4) is 5.75 Å². The van der Waals surface area contributed by atoms with Crippen LogP contribution in [0.1, 0.15) is 41.5 Å². The van der Waals surface area contributed by atoms with Crippen LogP contribution in [0.3, 0.4) is 0 Å². The number of nitrogens with zero attached hydrogens (tertiary/aromatic N) is 2. The van der Waals surface area contributed by atoms with E-state index in [1.165, 1.54) is 16.7 Å². The molecule has 5 atom stereocenters. The van der Waals surface area contributed by atoms with Gasteiger partial charge >= 0.3 is 0 Å². The number of likely N-dealkylation sites (N-methyl/N-ethyl adjacent to an activating group) is 1. The molecule has 0 unspecified atom stereocenters. The lowest BCUT2D eigenvalue weighted by Gasteiger charge is -2.64. The van der Waals surface area contributed by atoms with Gasteiger partial charge in [0.15, 0.2) is 0 Å². The van der Waals surface area contributed by atoms with Gasteiger partial charge in [-0.25, -0.2) is 0 Å². The van der Waals surface area contributed by atoms with Crippen LogP contribution in [-0.4, -0.2) is 64.7 Å². The largest absolute Gasteiger partial charge is 0.487 e. The second-order valence-electron chi connectivity index (χ2n) is 11.4. The van der Waals surface area contributed by atoms with E-state index in [1.54, 1.807) is 24.7 Å². The van der Waals surface area contributed by atoms with Crippen molar-refractivity contribution in [2.24, 2.45) is 0 Å². The van der Waals surface area contributed by atoms with Gasteiger partial charge in [-0.05, 0) is 68.0 Å².